The van der Waals surface area contributed by atoms with Crippen LogP contribution in [-0.4, -0.2) is 11.7 Å². The van der Waals surface area contributed by atoms with Crippen molar-refractivity contribution in [3.8, 4) is 0 Å². The fourth-order valence-corrected chi connectivity index (χ4v) is 1.23. The van der Waals surface area contributed by atoms with Crippen LogP contribution in [0.15, 0.2) is 30.3 Å². The second kappa shape index (κ2) is 5.12. The summed E-state index contributed by atoms with van der Waals surface area (Å²) < 4.78 is 0. The molecular weight excluding hydrogens is 204 g/mol. The molecule has 2 nitrogen and oxygen atoms in total. The molecule has 1 rings (SSSR count). The van der Waals surface area contributed by atoms with Gasteiger partial charge in [0.05, 0.1) is 0 Å². The molecule has 15 heavy (non-hydrogen) atoms. The molecule has 82 valence electrons. The Labute approximate surface area is 97.1 Å². The number of benzene rings is 1. The van der Waals surface area contributed by atoms with Crippen LogP contribution in [-0.2, 0) is 0 Å². The largest absolute Gasteiger partial charge is 0.362 e. The monoisotopic (exact) mass is 222 g/mol. The Morgan fingerprint density at radius 3 is 2.33 bits per heavy atom. The Morgan fingerprint density at radius 2 is 1.80 bits per heavy atom. The first-order valence-electron chi connectivity index (χ1n) is 5.07. The maximum absolute atomic E-state index is 5.18. The molecule has 0 atom stereocenters. The van der Waals surface area contributed by atoms with E-state index in [1.807, 2.05) is 30.3 Å². The van der Waals surface area contributed by atoms with Crippen LogP contribution in [0.4, 0.5) is 5.69 Å². The van der Waals surface area contributed by atoms with Gasteiger partial charge in [-0.05, 0) is 29.8 Å². The van der Waals surface area contributed by atoms with Crippen molar-refractivity contribution in [3.05, 3.63) is 30.3 Å². The lowest BCUT2D eigenvalue weighted by atomic mass is 9.97. The molecule has 0 spiro atoms. The number of hydrogen-bond acceptors (Lipinski definition) is 1. The average Bonchev–Trinajstić information content (AvgIpc) is 2.15. The van der Waals surface area contributed by atoms with Gasteiger partial charge < -0.3 is 10.6 Å². The van der Waals surface area contributed by atoms with Crippen LogP contribution in [0.25, 0.3) is 0 Å². The summed E-state index contributed by atoms with van der Waals surface area (Å²) in [5.74, 6) is 0. The Morgan fingerprint density at radius 1 is 1.20 bits per heavy atom. The molecule has 2 N–H and O–H groups in total. The third kappa shape index (κ3) is 5.37. The first kappa shape index (κ1) is 12.0. The van der Waals surface area contributed by atoms with Gasteiger partial charge in [0.1, 0.15) is 0 Å². The first-order valence-corrected chi connectivity index (χ1v) is 5.48. The molecule has 1 aromatic carbocycles. The van der Waals surface area contributed by atoms with Crippen LogP contribution in [0.3, 0.4) is 0 Å². The van der Waals surface area contributed by atoms with Gasteiger partial charge in [0.15, 0.2) is 5.11 Å². The molecule has 1 aromatic rings. The van der Waals surface area contributed by atoms with Gasteiger partial charge in [0, 0.05) is 12.2 Å². The zero-order valence-electron chi connectivity index (χ0n) is 9.50. The van der Waals surface area contributed by atoms with E-state index in [0.29, 0.717) is 5.11 Å². The summed E-state index contributed by atoms with van der Waals surface area (Å²) >= 11 is 5.18. The summed E-state index contributed by atoms with van der Waals surface area (Å²) in [6, 6.07) is 9.93. The Kier molecular flexibility index (Phi) is 4.09. The summed E-state index contributed by atoms with van der Waals surface area (Å²) in [6.45, 7) is 7.38. The molecule has 0 radical (unpaired) electrons. The van der Waals surface area contributed by atoms with E-state index in [4.69, 9.17) is 12.2 Å². The molecule has 0 fully saturated rings. The predicted octanol–water partition coefficient (Wildman–Crippen LogP) is 3.02. The second-order valence-electron chi connectivity index (χ2n) is 4.73. The highest BCUT2D eigenvalue weighted by atomic mass is 32.1. The van der Waals surface area contributed by atoms with Crippen molar-refractivity contribution < 1.29 is 0 Å². The number of thiocarbonyl (C=S) groups is 1. The quantitative estimate of drug-likeness (QED) is 0.752. The van der Waals surface area contributed by atoms with Crippen molar-refractivity contribution >= 4 is 23.0 Å². The highest BCUT2D eigenvalue weighted by Gasteiger charge is 2.09. The van der Waals surface area contributed by atoms with Crippen LogP contribution in [0, 0.1) is 5.41 Å². The standard InChI is InChI=1S/C12H18N2S/c1-12(2,3)9-13-11(15)14-10-7-5-4-6-8-10/h4-8H,9H2,1-3H3,(H2,13,14,15). The van der Waals surface area contributed by atoms with Crippen molar-refractivity contribution in [1.82, 2.24) is 5.32 Å². The molecule has 0 aromatic heterocycles. The molecular formula is C12H18N2S. The van der Waals surface area contributed by atoms with E-state index in [1.165, 1.54) is 0 Å². The third-order valence-corrected chi connectivity index (χ3v) is 2.06. The molecule has 0 saturated carbocycles. The van der Waals surface area contributed by atoms with Crippen molar-refractivity contribution in [2.24, 2.45) is 5.41 Å². The molecule has 0 unspecified atom stereocenters. The summed E-state index contributed by atoms with van der Waals surface area (Å²) in [4.78, 5) is 0. The van der Waals surface area contributed by atoms with Crippen molar-refractivity contribution in [2.75, 3.05) is 11.9 Å². The van der Waals surface area contributed by atoms with Crippen molar-refractivity contribution in [3.63, 3.8) is 0 Å². The van der Waals surface area contributed by atoms with Crippen LogP contribution in [0.1, 0.15) is 20.8 Å². The third-order valence-electron chi connectivity index (χ3n) is 1.81. The summed E-state index contributed by atoms with van der Waals surface area (Å²) in [5.41, 5.74) is 1.26. The zero-order chi connectivity index (χ0) is 11.3. The van der Waals surface area contributed by atoms with E-state index in [2.05, 4.69) is 31.4 Å². The molecule has 0 bridgehead atoms. The van der Waals surface area contributed by atoms with Crippen LogP contribution in [0.2, 0.25) is 0 Å². The maximum Gasteiger partial charge on any atom is 0.170 e. The zero-order valence-corrected chi connectivity index (χ0v) is 10.3. The van der Waals surface area contributed by atoms with E-state index in [1.54, 1.807) is 0 Å². The predicted molar refractivity (Wildman–Crippen MR) is 70.1 cm³/mol. The molecule has 0 aliphatic carbocycles. The Bertz CT molecular complexity index is 314. The van der Waals surface area contributed by atoms with Crippen LogP contribution in [0.5, 0.6) is 0 Å². The van der Waals surface area contributed by atoms with Gasteiger partial charge in [-0.25, -0.2) is 0 Å². The molecule has 0 saturated heterocycles. The lowest BCUT2D eigenvalue weighted by Crippen LogP contribution is -2.35. The summed E-state index contributed by atoms with van der Waals surface area (Å²) in [6.07, 6.45) is 0. The molecule has 0 heterocycles. The lowest BCUT2D eigenvalue weighted by molar-refractivity contribution is 0.409. The van der Waals surface area contributed by atoms with Gasteiger partial charge in [-0.1, -0.05) is 39.0 Å². The van der Waals surface area contributed by atoms with Crippen molar-refractivity contribution in [2.45, 2.75) is 20.8 Å². The fraction of sp³-hybridized carbons (Fsp3) is 0.417. The van der Waals surface area contributed by atoms with Gasteiger partial charge in [-0.3, -0.25) is 0 Å². The highest BCUT2D eigenvalue weighted by Crippen LogP contribution is 2.10. The smallest absolute Gasteiger partial charge is 0.170 e. The number of para-hydroxylation sites is 1. The molecule has 0 amide bonds. The Balaban J connectivity index is 2.38. The molecule has 0 aliphatic heterocycles. The minimum absolute atomic E-state index is 0.239. The van der Waals surface area contributed by atoms with Gasteiger partial charge in [-0.15, -0.1) is 0 Å². The first-order chi connectivity index (χ1) is 6.97. The lowest BCUT2D eigenvalue weighted by Gasteiger charge is -2.20. The topological polar surface area (TPSA) is 24.1 Å². The van der Waals surface area contributed by atoms with Crippen LogP contribution >= 0.6 is 12.2 Å². The highest BCUT2D eigenvalue weighted by molar-refractivity contribution is 7.80. The van der Waals surface area contributed by atoms with Crippen molar-refractivity contribution in [1.29, 1.82) is 0 Å². The number of anilines is 1. The Hall–Kier alpha value is -1.09. The van der Waals surface area contributed by atoms with Gasteiger partial charge in [-0.2, -0.15) is 0 Å². The molecule has 3 heteroatoms. The van der Waals surface area contributed by atoms with E-state index in [-0.39, 0.29) is 5.41 Å². The van der Waals surface area contributed by atoms with Crippen LogP contribution < -0.4 is 10.6 Å². The minimum Gasteiger partial charge on any atom is -0.362 e. The molecule has 0 aliphatic rings. The normalized spacial score (nSPS) is 10.9. The van der Waals surface area contributed by atoms with E-state index < -0.39 is 0 Å². The van der Waals surface area contributed by atoms with E-state index in [0.717, 1.165) is 12.2 Å². The summed E-state index contributed by atoms with van der Waals surface area (Å²) in [7, 11) is 0. The van der Waals surface area contributed by atoms with Gasteiger partial charge in [0.2, 0.25) is 0 Å². The van der Waals surface area contributed by atoms with E-state index in [9.17, 15) is 0 Å². The SMILES string of the molecule is CC(C)(C)CNC(=S)Nc1ccccc1. The number of hydrogen-bond donors (Lipinski definition) is 2. The van der Waals surface area contributed by atoms with Gasteiger partial charge in [0.25, 0.3) is 0 Å². The summed E-state index contributed by atoms with van der Waals surface area (Å²) in [5, 5.41) is 7.00. The van der Waals surface area contributed by atoms with E-state index >= 15 is 0 Å². The number of nitrogens with one attached hydrogen (secondary N) is 2. The average molecular weight is 222 g/mol. The number of rotatable bonds is 2. The minimum atomic E-state index is 0.239. The maximum atomic E-state index is 5.18. The fourth-order valence-electron chi connectivity index (χ4n) is 1.04. The second-order valence-corrected chi connectivity index (χ2v) is 5.14. The van der Waals surface area contributed by atoms with Gasteiger partial charge >= 0.3 is 0 Å².